The van der Waals surface area contributed by atoms with Crippen molar-refractivity contribution in [3.05, 3.63) is 109 Å². The molecule has 254 valence electrons. The zero-order valence-electron chi connectivity index (χ0n) is 28.2. The molecule has 0 radical (unpaired) electrons. The molecule has 1 aliphatic heterocycles. The topological polar surface area (TPSA) is 127 Å². The van der Waals surface area contributed by atoms with Crippen molar-refractivity contribution in [1.29, 1.82) is 0 Å². The van der Waals surface area contributed by atoms with Gasteiger partial charge in [-0.25, -0.2) is 19.6 Å². The smallest absolute Gasteiger partial charge is 0.410 e. The van der Waals surface area contributed by atoms with Crippen LogP contribution in [0.4, 0.5) is 21.2 Å². The van der Waals surface area contributed by atoms with Crippen LogP contribution in [0.25, 0.3) is 16.9 Å². The Morgan fingerprint density at radius 1 is 0.939 bits per heavy atom. The number of piperazine rings is 1. The highest BCUT2D eigenvalue weighted by Crippen LogP contribution is 2.24. The number of imidazole rings is 1. The molecule has 1 unspecified atom stereocenters. The van der Waals surface area contributed by atoms with Crippen molar-refractivity contribution in [2.24, 2.45) is 0 Å². The summed E-state index contributed by atoms with van der Waals surface area (Å²) in [4.78, 5) is 43.4. The largest absolute Gasteiger partial charge is 0.445 e. The van der Waals surface area contributed by atoms with Crippen LogP contribution in [-0.2, 0) is 16.1 Å². The monoisotopic (exact) mass is 662 g/mol. The van der Waals surface area contributed by atoms with E-state index in [0.29, 0.717) is 37.9 Å². The summed E-state index contributed by atoms with van der Waals surface area (Å²) in [6, 6.07) is 27.1. The van der Waals surface area contributed by atoms with Gasteiger partial charge in [-0.3, -0.25) is 9.47 Å². The predicted octanol–water partition coefficient (Wildman–Crippen LogP) is 6.66. The van der Waals surface area contributed by atoms with E-state index in [0.717, 1.165) is 27.8 Å². The third-order valence-corrected chi connectivity index (χ3v) is 8.20. The lowest BCUT2D eigenvalue weighted by molar-refractivity contribution is 0.00268. The summed E-state index contributed by atoms with van der Waals surface area (Å²) in [6.07, 6.45) is 2.64. The van der Waals surface area contributed by atoms with Gasteiger partial charge in [0.1, 0.15) is 24.4 Å². The first kappa shape index (κ1) is 33.3. The number of aromatic nitrogens is 4. The lowest BCUT2D eigenvalue weighted by atomic mass is 10.1. The number of benzene rings is 3. The zero-order chi connectivity index (χ0) is 34.4. The lowest BCUT2D eigenvalue weighted by Crippen LogP contribution is -2.59. The van der Waals surface area contributed by atoms with E-state index >= 15 is 0 Å². The van der Waals surface area contributed by atoms with Gasteiger partial charge in [0, 0.05) is 38.1 Å². The second-order valence-corrected chi connectivity index (χ2v) is 13.0. The molecule has 0 saturated carbocycles. The van der Waals surface area contributed by atoms with Crippen LogP contribution in [-0.4, -0.2) is 79.3 Å². The highest BCUT2D eigenvalue weighted by Gasteiger charge is 2.35. The lowest BCUT2D eigenvalue weighted by Gasteiger charge is -2.41. The molecule has 1 fully saturated rings. The Morgan fingerprint density at radius 2 is 1.69 bits per heavy atom. The Morgan fingerprint density at radius 3 is 2.45 bits per heavy atom. The third kappa shape index (κ3) is 8.45. The molecule has 5 aromatic rings. The maximum Gasteiger partial charge on any atom is 0.410 e. The van der Waals surface area contributed by atoms with Crippen LogP contribution in [0.2, 0.25) is 0 Å². The van der Waals surface area contributed by atoms with Gasteiger partial charge in [0.25, 0.3) is 0 Å². The van der Waals surface area contributed by atoms with E-state index in [1.807, 2.05) is 98.1 Å². The van der Waals surface area contributed by atoms with Crippen LogP contribution >= 0.6 is 0 Å². The number of amides is 2. The fourth-order valence-electron chi connectivity index (χ4n) is 5.68. The number of carbonyl (C=O) groups is 2. The Balaban J connectivity index is 1.15. The van der Waals surface area contributed by atoms with Crippen molar-refractivity contribution in [3.63, 3.8) is 0 Å². The van der Waals surface area contributed by atoms with Gasteiger partial charge in [-0.05, 0) is 63.1 Å². The van der Waals surface area contributed by atoms with Gasteiger partial charge in [0.05, 0.1) is 23.1 Å². The number of nitrogens with one attached hydrogen (secondary N) is 2. The minimum atomic E-state index is -0.625. The van der Waals surface area contributed by atoms with E-state index in [1.54, 1.807) is 22.3 Å². The molecule has 3 heterocycles. The molecule has 0 bridgehead atoms. The van der Waals surface area contributed by atoms with Gasteiger partial charge in [-0.2, -0.15) is 4.98 Å². The van der Waals surface area contributed by atoms with Gasteiger partial charge in [-0.1, -0.05) is 60.7 Å². The number of ether oxygens (including phenoxy) is 2. The van der Waals surface area contributed by atoms with Gasteiger partial charge >= 0.3 is 12.2 Å². The maximum atomic E-state index is 13.3. The molecule has 2 aromatic heterocycles. The standard InChI is InChI=1S/C37H42N8O4/c1-26(28-13-9-6-10-14-28)41-34-38-18-17-33(42-34)45-25-40-31-21-29(15-16-32(31)45)39-22-30-23-43(35(46)49-37(2,3)4)19-20-44(30)36(47)48-24-27-11-7-5-8-12-27/h5-18,21,25-26,30,39H,19-20,22-24H2,1-4H3,(H,38,41,42)/t26-,30?/m0/s1. The van der Waals surface area contributed by atoms with E-state index in [4.69, 9.17) is 14.5 Å². The number of fused-ring (bicyclic) bond motifs is 1. The van der Waals surface area contributed by atoms with Crippen molar-refractivity contribution >= 4 is 34.9 Å². The fraction of sp³-hybridized carbons (Fsp3) is 0.324. The molecule has 0 aliphatic carbocycles. The van der Waals surface area contributed by atoms with Crippen molar-refractivity contribution in [2.45, 2.75) is 52.0 Å². The second-order valence-electron chi connectivity index (χ2n) is 13.0. The van der Waals surface area contributed by atoms with Crippen molar-refractivity contribution in [1.82, 2.24) is 29.3 Å². The highest BCUT2D eigenvalue weighted by molar-refractivity contribution is 5.81. The molecular formula is C37H42N8O4. The molecule has 49 heavy (non-hydrogen) atoms. The molecule has 2 amide bonds. The number of anilines is 2. The maximum absolute atomic E-state index is 13.3. The minimum absolute atomic E-state index is 0.0339. The summed E-state index contributed by atoms with van der Waals surface area (Å²) in [6.45, 7) is 9.11. The van der Waals surface area contributed by atoms with Crippen molar-refractivity contribution < 1.29 is 19.1 Å². The fourth-order valence-corrected chi connectivity index (χ4v) is 5.68. The summed E-state index contributed by atoms with van der Waals surface area (Å²) in [5, 5.41) is 6.83. The van der Waals surface area contributed by atoms with Crippen LogP contribution in [0.15, 0.2) is 97.5 Å². The molecule has 6 rings (SSSR count). The van der Waals surface area contributed by atoms with Crippen LogP contribution in [0.3, 0.4) is 0 Å². The van der Waals surface area contributed by atoms with E-state index < -0.39 is 17.8 Å². The molecule has 0 spiro atoms. The average Bonchev–Trinajstić information content (AvgIpc) is 3.53. The van der Waals surface area contributed by atoms with Gasteiger partial charge in [0.15, 0.2) is 0 Å². The summed E-state index contributed by atoms with van der Waals surface area (Å²) >= 11 is 0. The second kappa shape index (κ2) is 14.6. The number of hydrogen-bond donors (Lipinski definition) is 2. The van der Waals surface area contributed by atoms with Crippen molar-refractivity contribution in [3.8, 4) is 5.82 Å². The summed E-state index contributed by atoms with van der Waals surface area (Å²) < 4.78 is 13.2. The van der Waals surface area contributed by atoms with Gasteiger partial charge < -0.3 is 25.0 Å². The first-order valence-corrected chi connectivity index (χ1v) is 16.4. The van der Waals surface area contributed by atoms with E-state index in [-0.39, 0.29) is 18.7 Å². The quantitative estimate of drug-likeness (QED) is 0.178. The van der Waals surface area contributed by atoms with Gasteiger partial charge in [0.2, 0.25) is 5.95 Å². The molecule has 1 saturated heterocycles. The summed E-state index contributed by atoms with van der Waals surface area (Å²) in [7, 11) is 0. The van der Waals surface area contributed by atoms with E-state index in [1.165, 1.54) is 0 Å². The normalized spacial score (nSPS) is 15.5. The van der Waals surface area contributed by atoms with Crippen LogP contribution in [0, 0.1) is 0 Å². The number of rotatable bonds is 9. The Labute approximate surface area is 286 Å². The molecule has 2 atom stereocenters. The molecule has 3 aromatic carbocycles. The number of hydrogen-bond acceptors (Lipinski definition) is 9. The highest BCUT2D eigenvalue weighted by atomic mass is 16.6. The zero-order valence-corrected chi connectivity index (χ0v) is 28.2. The Bertz CT molecular complexity index is 1880. The molecule has 1 aliphatic rings. The third-order valence-electron chi connectivity index (χ3n) is 8.20. The van der Waals surface area contributed by atoms with Crippen LogP contribution in [0.5, 0.6) is 0 Å². The SMILES string of the molecule is C[C@H](Nc1nccc(-n2cnc3cc(NCC4CN(C(=O)OC(C)(C)C)CCN4C(=O)OCc4ccccc4)ccc32)n1)c1ccccc1. The first-order chi connectivity index (χ1) is 23.6. The number of carbonyl (C=O) groups excluding carboxylic acids is 2. The molecular weight excluding hydrogens is 620 g/mol. The first-order valence-electron chi connectivity index (χ1n) is 16.4. The molecule has 12 heteroatoms. The van der Waals surface area contributed by atoms with Crippen molar-refractivity contribution in [2.75, 3.05) is 36.8 Å². The summed E-state index contributed by atoms with van der Waals surface area (Å²) in [5.41, 5.74) is 3.90. The average molecular weight is 663 g/mol. The minimum Gasteiger partial charge on any atom is -0.445 e. The number of nitrogens with zero attached hydrogens (tertiary/aromatic N) is 6. The Kier molecular flexibility index (Phi) is 9.93. The van der Waals surface area contributed by atoms with Gasteiger partial charge in [-0.15, -0.1) is 0 Å². The van der Waals surface area contributed by atoms with E-state index in [9.17, 15) is 9.59 Å². The Hall–Kier alpha value is -5.65. The van der Waals surface area contributed by atoms with E-state index in [2.05, 4.69) is 39.7 Å². The van der Waals surface area contributed by atoms with Crippen LogP contribution < -0.4 is 10.6 Å². The van der Waals surface area contributed by atoms with Crippen LogP contribution in [0.1, 0.15) is 44.9 Å². The summed E-state index contributed by atoms with van der Waals surface area (Å²) in [5.74, 6) is 1.21. The molecule has 2 N–H and O–H groups in total. The molecule has 12 nitrogen and oxygen atoms in total. The predicted molar refractivity (Wildman–Crippen MR) is 189 cm³/mol.